The van der Waals surface area contributed by atoms with Gasteiger partial charge in [0.15, 0.2) is 0 Å². The van der Waals surface area contributed by atoms with Crippen molar-refractivity contribution in [2.45, 2.75) is 33.6 Å². The van der Waals surface area contributed by atoms with E-state index in [2.05, 4.69) is 0 Å². The summed E-state index contributed by atoms with van der Waals surface area (Å²) in [5, 5.41) is 0. The highest BCUT2D eigenvalue weighted by atomic mass is 32.2. The maximum absolute atomic E-state index is 11.1. The topological polar surface area (TPSA) is 26.3 Å². The van der Waals surface area contributed by atoms with E-state index in [0.717, 1.165) is 18.6 Å². The van der Waals surface area contributed by atoms with Gasteiger partial charge in [0.2, 0.25) is 0 Å². The Hall–Kier alpha value is -0.180. The lowest BCUT2D eigenvalue weighted by atomic mass is 10.0. The Labute approximate surface area is 72.9 Å². The number of hydrogen-bond acceptors (Lipinski definition) is 3. The fraction of sp³-hybridized carbons (Fsp3) is 0.875. The highest BCUT2D eigenvalue weighted by Crippen LogP contribution is 2.13. The van der Waals surface area contributed by atoms with E-state index in [1.54, 1.807) is 0 Å². The number of rotatable bonds is 5. The molecule has 0 atom stereocenters. The van der Waals surface area contributed by atoms with Gasteiger partial charge in [-0.25, -0.2) is 0 Å². The zero-order valence-electron chi connectivity index (χ0n) is 7.42. The first-order valence-electron chi connectivity index (χ1n) is 4.09. The van der Waals surface area contributed by atoms with Crippen molar-refractivity contribution in [3.05, 3.63) is 0 Å². The second-order valence-electron chi connectivity index (χ2n) is 2.32. The average molecular weight is 176 g/mol. The number of carbonyl (C=O) groups excluding carboxylic acids is 1. The van der Waals surface area contributed by atoms with Crippen molar-refractivity contribution in [2.24, 2.45) is 5.92 Å². The van der Waals surface area contributed by atoms with Crippen LogP contribution in [-0.2, 0) is 8.98 Å². The molecule has 0 saturated heterocycles. The van der Waals surface area contributed by atoms with Crippen molar-refractivity contribution in [2.75, 3.05) is 5.75 Å². The Bertz CT molecular complexity index is 111. The van der Waals surface area contributed by atoms with Gasteiger partial charge in [0.05, 0.1) is 18.0 Å². The molecule has 0 aromatic carbocycles. The maximum Gasteiger partial charge on any atom is 0.320 e. The summed E-state index contributed by atoms with van der Waals surface area (Å²) in [6.07, 6.45) is 1.75. The lowest BCUT2D eigenvalue weighted by molar-refractivity contribution is -0.137. The normalized spacial score (nSPS) is 10.2. The van der Waals surface area contributed by atoms with Crippen molar-refractivity contribution >= 4 is 18.0 Å². The molecule has 3 heteroatoms. The first-order chi connectivity index (χ1) is 5.26. The molecule has 0 amide bonds. The fourth-order valence-corrected chi connectivity index (χ4v) is 1.18. The van der Waals surface area contributed by atoms with Crippen LogP contribution in [0.25, 0.3) is 0 Å². The van der Waals surface area contributed by atoms with Gasteiger partial charge in [-0.15, -0.1) is 0 Å². The van der Waals surface area contributed by atoms with Gasteiger partial charge in [-0.3, -0.25) is 4.79 Å². The van der Waals surface area contributed by atoms with Crippen molar-refractivity contribution < 1.29 is 8.98 Å². The lowest BCUT2D eigenvalue weighted by Gasteiger charge is -2.09. The lowest BCUT2D eigenvalue weighted by Crippen LogP contribution is -2.13. The monoisotopic (exact) mass is 176 g/mol. The van der Waals surface area contributed by atoms with Crippen LogP contribution in [0.4, 0.5) is 0 Å². The van der Waals surface area contributed by atoms with Gasteiger partial charge in [0, 0.05) is 5.75 Å². The summed E-state index contributed by atoms with van der Waals surface area (Å²) in [7, 11) is 0. The average Bonchev–Trinajstić information content (AvgIpc) is 2.03. The molecule has 0 aliphatic rings. The van der Waals surface area contributed by atoms with E-state index in [0.29, 0.717) is 0 Å². The Kier molecular flexibility index (Phi) is 6.42. The summed E-state index contributed by atoms with van der Waals surface area (Å²) >= 11 is 1.23. The molecule has 0 heterocycles. The van der Waals surface area contributed by atoms with Crippen LogP contribution in [0.15, 0.2) is 0 Å². The minimum Gasteiger partial charge on any atom is -0.391 e. The largest absolute Gasteiger partial charge is 0.391 e. The van der Waals surface area contributed by atoms with Gasteiger partial charge in [-0.2, -0.15) is 0 Å². The van der Waals surface area contributed by atoms with E-state index in [1.807, 2.05) is 20.8 Å². The molecule has 0 spiro atoms. The molecule has 0 bridgehead atoms. The predicted molar refractivity (Wildman–Crippen MR) is 48.3 cm³/mol. The minimum atomic E-state index is -0.0677. The first kappa shape index (κ1) is 10.8. The zero-order valence-corrected chi connectivity index (χ0v) is 8.24. The summed E-state index contributed by atoms with van der Waals surface area (Å²) in [6.45, 7) is 5.98. The highest BCUT2D eigenvalue weighted by molar-refractivity contribution is 7.95. The molecule has 0 aliphatic carbocycles. The summed E-state index contributed by atoms with van der Waals surface area (Å²) in [6, 6.07) is 0. The van der Waals surface area contributed by atoms with Gasteiger partial charge in [-0.1, -0.05) is 20.8 Å². The van der Waals surface area contributed by atoms with E-state index in [9.17, 15) is 4.79 Å². The molecule has 0 saturated carbocycles. The molecular weight excluding hydrogens is 160 g/mol. The molecule has 0 aliphatic heterocycles. The third kappa shape index (κ3) is 4.30. The molecule has 0 aromatic rings. The molecule has 11 heavy (non-hydrogen) atoms. The van der Waals surface area contributed by atoms with E-state index in [-0.39, 0.29) is 11.9 Å². The van der Waals surface area contributed by atoms with Gasteiger partial charge in [0.25, 0.3) is 0 Å². The van der Waals surface area contributed by atoms with E-state index in [4.69, 9.17) is 4.18 Å². The quantitative estimate of drug-likeness (QED) is 0.602. The van der Waals surface area contributed by atoms with Crippen LogP contribution in [0.3, 0.4) is 0 Å². The van der Waals surface area contributed by atoms with E-state index in [1.165, 1.54) is 12.0 Å². The Morgan fingerprint density at radius 2 is 1.91 bits per heavy atom. The van der Waals surface area contributed by atoms with Crippen molar-refractivity contribution in [3.63, 3.8) is 0 Å². The third-order valence-corrected chi connectivity index (χ3v) is 2.10. The van der Waals surface area contributed by atoms with Crippen molar-refractivity contribution in [1.29, 1.82) is 0 Å². The van der Waals surface area contributed by atoms with Crippen LogP contribution in [0.2, 0.25) is 0 Å². The smallest absolute Gasteiger partial charge is 0.320 e. The van der Waals surface area contributed by atoms with Crippen molar-refractivity contribution in [1.82, 2.24) is 0 Å². The third-order valence-electron chi connectivity index (χ3n) is 1.58. The van der Waals surface area contributed by atoms with Crippen molar-refractivity contribution in [3.8, 4) is 0 Å². The molecule has 0 rings (SSSR count). The van der Waals surface area contributed by atoms with Gasteiger partial charge < -0.3 is 4.18 Å². The molecule has 0 unspecified atom stereocenters. The summed E-state index contributed by atoms with van der Waals surface area (Å²) < 4.78 is 4.91. The van der Waals surface area contributed by atoms with Crippen LogP contribution in [0, 0.1) is 5.92 Å². The molecule has 2 nitrogen and oxygen atoms in total. The van der Waals surface area contributed by atoms with Crippen LogP contribution in [0.5, 0.6) is 0 Å². The summed E-state index contributed by atoms with van der Waals surface area (Å²) in [4.78, 5) is 11.1. The summed E-state index contributed by atoms with van der Waals surface area (Å²) in [5.74, 6) is 0.849. The number of carbonyl (C=O) groups is 1. The van der Waals surface area contributed by atoms with Gasteiger partial charge in [-0.05, 0) is 12.8 Å². The molecule has 0 aromatic heterocycles. The number of hydrogen-bond donors (Lipinski definition) is 0. The van der Waals surface area contributed by atoms with Crippen LogP contribution in [-0.4, -0.2) is 11.7 Å². The minimum absolute atomic E-state index is 0.0677. The molecule has 66 valence electrons. The van der Waals surface area contributed by atoms with Crippen LogP contribution < -0.4 is 0 Å². The highest BCUT2D eigenvalue weighted by Gasteiger charge is 2.15. The van der Waals surface area contributed by atoms with E-state index >= 15 is 0 Å². The molecule has 0 radical (unpaired) electrons. The predicted octanol–water partition coefficient (Wildman–Crippen LogP) is 2.63. The standard InChI is InChI=1S/C8H16O2S/c1-4-7(5-2)8(9)10-11-6-3/h7H,4-6H2,1-3H3. The Morgan fingerprint density at radius 1 is 1.36 bits per heavy atom. The molecule has 0 fully saturated rings. The van der Waals surface area contributed by atoms with Gasteiger partial charge in [0.1, 0.15) is 0 Å². The maximum atomic E-state index is 11.1. The summed E-state index contributed by atoms with van der Waals surface area (Å²) in [5.41, 5.74) is 0. The molecule has 0 N–H and O–H groups in total. The molecular formula is C8H16O2S. The first-order valence-corrected chi connectivity index (χ1v) is 5.00. The SMILES string of the molecule is CCSOC(=O)C(CC)CC. The Morgan fingerprint density at radius 3 is 2.27 bits per heavy atom. The van der Waals surface area contributed by atoms with Gasteiger partial charge >= 0.3 is 5.97 Å². The van der Waals surface area contributed by atoms with Crippen LogP contribution >= 0.6 is 12.0 Å². The zero-order chi connectivity index (χ0) is 8.69. The Balaban J connectivity index is 3.61. The fourth-order valence-electron chi connectivity index (χ4n) is 0.807. The van der Waals surface area contributed by atoms with Crippen LogP contribution in [0.1, 0.15) is 33.6 Å². The second kappa shape index (κ2) is 6.53. The van der Waals surface area contributed by atoms with E-state index < -0.39 is 0 Å². The second-order valence-corrected chi connectivity index (χ2v) is 3.30.